The van der Waals surface area contributed by atoms with Crippen molar-refractivity contribution in [2.75, 3.05) is 26.6 Å². The molecule has 134 valence electrons. The minimum Gasteiger partial charge on any atom is -0.496 e. The van der Waals surface area contributed by atoms with E-state index >= 15 is 0 Å². The van der Waals surface area contributed by atoms with Crippen LogP contribution < -0.4 is 24.8 Å². The average molecular weight is 385 g/mol. The first-order valence-electron chi connectivity index (χ1n) is 7.27. The topological polar surface area (TPSA) is 51.8 Å². The number of hydrogen-bond acceptors (Lipinski definition) is 4. The van der Waals surface area contributed by atoms with Gasteiger partial charge in [0.1, 0.15) is 11.6 Å². The van der Waals surface area contributed by atoms with Gasteiger partial charge in [0, 0.05) is 23.9 Å². The van der Waals surface area contributed by atoms with Crippen LogP contribution in [-0.4, -0.2) is 26.4 Å². The molecule has 2 rings (SSSR count). The molecule has 2 N–H and O–H groups in total. The minimum atomic E-state index is -0.485. The largest absolute Gasteiger partial charge is 0.496 e. The van der Waals surface area contributed by atoms with Crippen LogP contribution in [0.4, 0.5) is 10.1 Å². The van der Waals surface area contributed by atoms with E-state index in [2.05, 4.69) is 10.6 Å². The number of thiocarbonyl (C=S) groups is 1. The molecule has 5 nitrogen and oxygen atoms in total. The number of nitrogens with one attached hydrogen (secondary N) is 2. The Kier molecular flexibility index (Phi) is 6.66. The summed E-state index contributed by atoms with van der Waals surface area (Å²) < 4.78 is 29.1. The molecule has 0 heterocycles. The Labute approximate surface area is 156 Å². The molecule has 0 atom stereocenters. The highest BCUT2D eigenvalue weighted by Crippen LogP contribution is 2.34. The number of halogens is 2. The molecule has 0 aromatic heterocycles. The Hall–Kier alpha value is -2.25. The van der Waals surface area contributed by atoms with Crippen molar-refractivity contribution < 1.29 is 18.6 Å². The van der Waals surface area contributed by atoms with Gasteiger partial charge in [0.25, 0.3) is 0 Å². The van der Waals surface area contributed by atoms with Crippen molar-refractivity contribution in [2.45, 2.75) is 6.54 Å². The Balaban J connectivity index is 2.06. The lowest BCUT2D eigenvalue weighted by molar-refractivity contribution is 0.347. The fourth-order valence-corrected chi connectivity index (χ4v) is 2.53. The number of rotatable bonds is 6. The summed E-state index contributed by atoms with van der Waals surface area (Å²) in [5.74, 6) is 1.31. The van der Waals surface area contributed by atoms with Gasteiger partial charge in [0.15, 0.2) is 16.6 Å². The fraction of sp³-hybridized carbons (Fsp3) is 0.235. The highest BCUT2D eigenvalue weighted by atomic mass is 35.5. The van der Waals surface area contributed by atoms with Gasteiger partial charge in [0.2, 0.25) is 0 Å². The molecule has 0 saturated heterocycles. The summed E-state index contributed by atoms with van der Waals surface area (Å²) in [6.45, 7) is 0.393. The molecule has 0 aliphatic carbocycles. The molecule has 2 aromatic rings. The maximum Gasteiger partial charge on any atom is 0.171 e. The molecule has 0 saturated carbocycles. The van der Waals surface area contributed by atoms with E-state index in [4.69, 9.17) is 38.0 Å². The zero-order chi connectivity index (χ0) is 18.4. The monoisotopic (exact) mass is 384 g/mol. The van der Waals surface area contributed by atoms with Crippen molar-refractivity contribution >= 4 is 34.6 Å². The van der Waals surface area contributed by atoms with Gasteiger partial charge in [-0.05, 0) is 36.5 Å². The molecule has 8 heteroatoms. The molecule has 0 aliphatic rings. The summed E-state index contributed by atoms with van der Waals surface area (Å²) in [5.41, 5.74) is 1.42. The van der Waals surface area contributed by atoms with E-state index in [0.717, 1.165) is 5.56 Å². The zero-order valence-electron chi connectivity index (χ0n) is 14.0. The van der Waals surface area contributed by atoms with Crippen molar-refractivity contribution in [1.29, 1.82) is 0 Å². The summed E-state index contributed by atoms with van der Waals surface area (Å²) >= 11 is 11.0. The molecular formula is C17H18ClFN2O3S. The number of benzene rings is 2. The second-order valence-corrected chi connectivity index (χ2v) is 5.77. The third-order valence-electron chi connectivity index (χ3n) is 3.40. The first kappa shape index (κ1) is 19.1. The highest BCUT2D eigenvalue weighted by Gasteiger charge is 2.12. The van der Waals surface area contributed by atoms with E-state index < -0.39 is 5.82 Å². The summed E-state index contributed by atoms with van der Waals surface area (Å²) in [4.78, 5) is 0. The normalized spacial score (nSPS) is 10.1. The van der Waals surface area contributed by atoms with Crippen LogP contribution in [0.2, 0.25) is 5.02 Å². The summed E-state index contributed by atoms with van der Waals surface area (Å²) in [7, 11) is 4.69. The summed E-state index contributed by atoms with van der Waals surface area (Å²) in [6, 6.07) is 7.83. The lowest BCUT2D eigenvalue weighted by Crippen LogP contribution is -2.28. The van der Waals surface area contributed by atoms with Crippen molar-refractivity contribution in [3.05, 3.63) is 46.7 Å². The van der Waals surface area contributed by atoms with Crippen LogP contribution in [0, 0.1) is 5.82 Å². The van der Waals surface area contributed by atoms with Gasteiger partial charge in [-0.1, -0.05) is 11.6 Å². The summed E-state index contributed by atoms with van der Waals surface area (Å²) in [5, 5.41) is 6.38. The van der Waals surface area contributed by atoms with Crippen molar-refractivity contribution in [3.8, 4) is 17.2 Å². The quantitative estimate of drug-likeness (QED) is 0.734. The van der Waals surface area contributed by atoms with Crippen LogP contribution >= 0.6 is 23.8 Å². The molecule has 0 amide bonds. The van der Waals surface area contributed by atoms with Gasteiger partial charge in [-0.2, -0.15) is 0 Å². The van der Waals surface area contributed by atoms with Gasteiger partial charge >= 0.3 is 0 Å². The molecule has 0 bridgehead atoms. The Morgan fingerprint density at radius 1 is 1.04 bits per heavy atom. The third-order valence-corrected chi connectivity index (χ3v) is 3.94. The number of ether oxygens (including phenoxy) is 3. The lowest BCUT2D eigenvalue weighted by atomic mass is 10.1. The lowest BCUT2D eigenvalue weighted by Gasteiger charge is -2.16. The number of methoxy groups -OCH3 is 3. The highest BCUT2D eigenvalue weighted by molar-refractivity contribution is 7.80. The van der Waals surface area contributed by atoms with Gasteiger partial charge in [-0.3, -0.25) is 0 Å². The predicted octanol–water partition coefficient (Wildman–Crippen LogP) is 3.99. The Bertz CT molecular complexity index is 774. The van der Waals surface area contributed by atoms with Crippen LogP contribution in [-0.2, 0) is 6.54 Å². The first-order valence-corrected chi connectivity index (χ1v) is 8.06. The summed E-state index contributed by atoms with van der Waals surface area (Å²) in [6.07, 6.45) is 0. The van der Waals surface area contributed by atoms with Crippen molar-refractivity contribution in [1.82, 2.24) is 5.32 Å². The molecule has 0 unspecified atom stereocenters. The molecule has 25 heavy (non-hydrogen) atoms. The van der Waals surface area contributed by atoms with Crippen LogP contribution in [0.5, 0.6) is 17.2 Å². The zero-order valence-corrected chi connectivity index (χ0v) is 15.6. The molecule has 0 aliphatic heterocycles. The SMILES string of the molecule is COc1cc(OC)c(OC)cc1CNC(=S)Nc1ccc(F)c(Cl)c1. The molecular weight excluding hydrogens is 367 g/mol. The maximum absolute atomic E-state index is 13.2. The first-order chi connectivity index (χ1) is 12.0. The van der Waals surface area contributed by atoms with Gasteiger partial charge < -0.3 is 24.8 Å². The van der Waals surface area contributed by atoms with E-state index in [-0.39, 0.29) is 5.02 Å². The Morgan fingerprint density at radius 3 is 2.28 bits per heavy atom. The third kappa shape index (κ3) is 4.87. The molecule has 0 fully saturated rings. The predicted molar refractivity (Wildman–Crippen MR) is 101 cm³/mol. The molecule has 2 aromatic carbocycles. The van der Waals surface area contributed by atoms with E-state index in [1.165, 1.54) is 12.1 Å². The van der Waals surface area contributed by atoms with Gasteiger partial charge in [0.05, 0.1) is 26.4 Å². The average Bonchev–Trinajstić information content (AvgIpc) is 2.62. The second kappa shape index (κ2) is 8.73. The van der Waals surface area contributed by atoms with Crippen LogP contribution in [0.3, 0.4) is 0 Å². The van der Waals surface area contributed by atoms with E-state index in [9.17, 15) is 4.39 Å². The number of hydrogen-bond donors (Lipinski definition) is 2. The Morgan fingerprint density at radius 2 is 1.68 bits per heavy atom. The van der Waals surface area contributed by atoms with E-state index in [0.29, 0.717) is 34.6 Å². The van der Waals surface area contributed by atoms with Crippen LogP contribution in [0.1, 0.15) is 5.56 Å². The number of anilines is 1. The molecule has 0 radical (unpaired) electrons. The van der Waals surface area contributed by atoms with Crippen molar-refractivity contribution in [2.24, 2.45) is 0 Å². The smallest absolute Gasteiger partial charge is 0.171 e. The standard InChI is InChI=1S/C17H18ClFN2O3S/c1-22-14-8-16(24-3)15(23-2)6-10(14)9-20-17(25)21-11-4-5-13(19)12(18)7-11/h4-8H,9H2,1-3H3,(H2,20,21,25). The fourth-order valence-electron chi connectivity index (χ4n) is 2.16. The van der Waals surface area contributed by atoms with Gasteiger partial charge in [-0.15, -0.1) is 0 Å². The van der Waals surface area contributed by atoms with Crippen molar-refractivity contribution in [3.63, 3.8) is 0 Å². The maximum atomic E-state index is 13.2. The van der Waals surface area contributed by atoms with E-state index in [1.807, 2.05) is 6.07 Å². The second-order valence-electron chi connectivity index (χ2n) is 4.96. The van der Waals surface area contributed by atoms with Crippen LogP contribution in [0.15, 0.2) is 30.3 Å². The molecule has 0 spiro atoms. The van der Waals surface area contributed by atoms with Gasteiger partial charge in [-0.25, -0.2) is 4.39 Å². The minimum absolute atomic E-state index is 0.0226. The van der Waals surface area contributed by atoms with E-state index in [1.54, 1.807) is 33.5 Å². The van der Waals surface area contributed by atoms with Crippen LogP contribution in [0.25, 0.3) is 0 Å².